The molecule has 0 saturated carbocycles. The predicted molar refractivity (Wildman–Crippen MR) is 101 cm³/mol. The molecule has 0 bridgehead atoms. The van der Waals surface area contributed by atoms with E-state index in [1.54, 1.807) is 4.90 Å². The highest BCUT2D eigenvalue weighted by Gasteiger charge is 2.24. The first kappa shape index (κ1) is 17.4. The molecule has 2 aliphatic rings. The normalized spacial score (nSPS) is 14.2. The van der Waals surface area contributed by atoms with Gasteiger partial charge in [-0.25, -0.2) is 0 Å². The Morgan fingerprint density at radius 3 is 2.78 bits per heavy atom. The summed E-state index contributed by atoms with van der Waals surface area (Å²) in [6.45, 7) is 3.29. The molecule has 0 spiro atoms. The van der Waals surface area contributed by atoms with Gasteiger partial charge in [-0.1, -0.05) is 24.3 Å². The van der Waals surface area contributed by atoms with Crippen molar-refractivity contribution in [1.82, 2.24) is 4.90 Å². The Morgan fingerprint density at radius 2 is 1.93 bits per heavy atom. The predicted octanol–water partition coefficient (Wildman–Crippen LogP) is 2.74. The van der Waals surface area contributed by atoms with Gasteiger partial charge in [0.25, 0.3) is 0 Å². The molecular formula is C21H22N2O4. The summed E-state index contributed by atoms with van der Waals surface area (Å²) in [7, 11) is 0. The summed E-state index contributed by atoms with van der Waals surface area (Å²) in [6, 6.07) is 13.6. The maximum Gasteiger partial charge on any atom is 0.231 e. The largest absolute Gasteiger partial charge is 0.454 e. The van der Waals surface area contributed by atoms with Gasteiger partial charge in [0.05, 0.1) is 0 Å². The Hall–Kier alpha value is -3.02. The van der Waals surface area contributed by atoms with Crippen molar-refractivity contribution in [3.8, 4) is 11.5 Å². The topological polar surface area (TPSA) is 59.1 Å². The molecule has 2 amide bonds. The van der Waals surface area contributed by atoms with E-state index < -0.39 is 0 Å². The van der Waals surface area contributed by atoms with E-state index >= 15 is 0 Å². The summed E-state index contributed by atoms with van der Waals surface area (Å²) in [5.41, 5.74) is 3.15. The van der Waals surface area contributed by atoms with Crippen molar-refractivity contribution in [3.05, 3.63) is 53.6 Å². The third-order valence-corrected chi connectivity index (χ3v) is 5.04. The van der Waals surface area contributed by atoms with E-state index in [9.17, 15) is 9.59 Å². The molecule has 4 rings (SSSR count). The van der Waals surface area contributed by atoms with Crippen molar-refractivity contribution in [2.24, 2.45) is 0 Å². The van der Waals surface area contributed by atoms with E-state index in [2.05, 4.69) is 6.07 Å². The fraction of sp³-hybridized carbons (Fsp3) is 0.333. The van der Waals surface area contributed by atoms with Crippen LogP contribution in [0.5, 0.6) is 11.5 Å². The number of fused-ring (bicyclic) bond motifs is 2. The number of para-hydroxylation sites is 1. The van der Waals surface area contributed by atoms with Crippen LogP contribution in [0.15, 0.2) is 42.5 Å². The average molecular weight is 366 g/mol. The van der Waals surface area contributed by atoms with Gasteiger partial charge >= 0.3 is 0 Å². The maximum atomic E-state index is 12.7. The van der Waals surface area contributed by atoms with Gasteiger partial charge in [0, 0.05) is 38.7 Å². The van der Waals surface area contributed by atoms with E-state index in [1.165, 1.54) is 12.5 Å². The molecule has 0 aromatic heterocycles. The van der Waals surface area contributed by atoms with Crippen molar-refractivity contribution >= 4 is 17.5 Å². The van der Waals surface area contributed by atoms with Gasteiger partial charge in [-0.2, -0.15) is 0 Å². The maximum absolute atomic E-state index is 12.7. The van der Waals surface area contributed by atoms with Crippen molar-refractivity contribution in [2.75, 3.05) is 24.8 Å². The van der Waals surface area contributed by atoms with Crippen LogP contribution in [0.25, 0.3) is 0 Å². The first-order valence-corrected chi connectivity index (χ1v) is 9.14. The lowest BCUT2D eigenvalue weighted by Crippen LogP contribution is -2.35. The fourth-order valence-electron chi connectivity index (χ4n) is 3.57. The summed E-state index contributed by atoms with van der Waals surface area (Å²) < 4.78 is 10.7. The van der Waals surface area contributed by atoms with Crippen LogP contribution in [0.1, 0.15) is 24.5 Å². The smallest absolute Gasteiger partial charge is 0.231 e. The average Bonchev–Trinajstić information content (AvgIpc) is 3.30. The summed E-state index contributed by atoms with van der Waals surface area (Å²) >= 11 is 0. The zero-order valence-electron chi connectivity index (χ0n) is 15.3. The van der Waals surface area contributed by atoms with Crippen LogP contribution in [0, 0.1) is 0 Å². The molecule has 2 heterocycles. The molecule has 2 aliphatic heterocycles. The van der Waals surface area contributed by atoms with Crippen LogP contribution < -0.4 is 14.4 Å². The van der Waals surface area contributed by atoms with Crippen molar-refractivity contribution < 1.29 is 19.1 Å². The Bertz CT molecular complexity index is 880. The Labute approximate surface area is 158 Å². The first-order valence-electron chi connectivity index (χ1n) is 9.14. The van der Waals surface area contributed by atoms with Gasteiger partial charge in [0.2, 0.25) is 18.6 Å². The van der Waals surface area contributed by atoms with Crippen LogP contribution in [0.3, 0.4) is 0 Å². The standard InChI is InChI=1S/C21H22N2O4/c1-15(24)22(13-16-6-7-19-20(12-16)27-14-26-19)10-9-21(25)23-11-8-17-4-2-3-5-18(17)23/h2-7,12H,8-11,13-14H2,1H3. The van der Waals surface area contributed by atoms with Crippen molar-refractivity contribution in [1.29, 1.82) is 0 Å². The third kappa shape index (κ3) is 3.60. The highest BCUT2D eigenvalue weighted by molar-refractivity contribution is 5.95. The second-order valence-electron chi connectivity index (χ2n) is 6.80. The summed E-state index contributed by atoms with van der Waals surface area (Å²) in [6.07, 6.45) is 1.19. The number of hydrogen-bond donors (Lipinski definition) is 0. The highest BCUT2D eigenvalue weighted by Crippen LogP contribution is 2.33. The van der Waals surface area contributed by atoms with Gasteiger partial charge in [-0.3, -0.25) is 9.59 Å². The number of benzene rings is 2. The Kier molecular flexibility index (Phi) is 4.71. The van der Waals surface area contributed by atoms with E-state index in [0.717, 1.165) is 23.4 Å². The van der Waals surface area contributed by atoms with E-state index in [-0.39, 0.29) is 18.6 Å². The molecular weight excluding hydrogens is 344 g/mol. The number of anilines is 1. The van der Waals surface area contributed by atoms with Crippen LogP contribution in [-0.4, -0.2) is 36.6 Å². The quantitative estimate of drug-likeness (QED) is 0.816. The van der Waals surface area contributed by atoms with Gasteiger partial charge in [-0.15, -0.1) is 0 Å². The van der Waals surface area contributed by atoms with E-state index in [0.29, 0.717) is 31.8 Å². The van der Waals surface area contributed by atoms with Crippen LogP contribution >= 0.6 is 0 Å². The third-order valence-electron chi connectivity index (χ3n) is 5.04. The number of nitrogens with zero attached hydrogens (tertiary/aromatic N) is 2. The number of hydrogen-bond acceptors (Lipinski definition) is 4. The molecule has 0 radical (unpaired) electrons. The molecule has 0 atom stereocenters. The summed E-state index contributed by atoms with van der Waals surface area (Å²) in [5.74, 6) is 1.41. The summed E-state index contributed by atoms with van der Waals surface area (Å²) in [5, 5.41) is 0. The van der Waals surface area contributed by atoms with Crippen molar-refractivity contribution in [2.45, 2.75) is 26.3 Å². The number of amides is 2. The highest BCUT2D eigenvalue weighted by atomic mass is 16.7. The molecule has 27 heavy (non-hydrogen) atoms. The Morgan fingerprint density at radius 1 is 1.11 bits per heavy atom. The van der Waals surface area contributed by atoms with Gasteiger partial charge in [0.15, 0.2) is 11.5 Å². The van der Waals surface area contributed by atoms with E-state index in [1.807, 2.05) is 41.3 Å². The number of rotatable bonds is 5. The Balaban J connectivity index is 1.39. The molecule has 140 valence electrons. The molecule has 0 unspecified atom stereocenters. The molecule has 2 aromatic rings. The number of carbonyl (C=O) groups excluding carboxylic acids is 2. The molecule has 6 nitrogen and oxygen atoms in total. The molecule has 0 fully saturated rings. The van der Waals surface area contributed by atoms with Gasteiger partial charge in [-0.05, 0) is 35.7 Å². The zero-order valence-corrected chi connectivity index (χ0v) is 15.3. The summed E-state index contributed by atoms with van der Waals surface area (Å²) in [4.78, 5) is 28.3. The second kappa shape index (κ2) is 7.31. The minimum atomic E-state index is -0.0534. The molecule has 0 aliphatic carbocycles. The lowest BCUT2D eigenvalue weighted by Gasteiger charge is -2.23. The molecule has 0 saturated heterocycles. The van der Waals surface area contributed by atoms with Gasteiger partial charge < -0.3 is 19.3 Å². The van der Waals surface area contributed by atoms with Crippen LogP contribution in [0.2, 0.25) is 0 Å². The van der Waals surface area contributed by atoms with Crippen molar-refractivity contribution in [3.63, 3.8) is 0 Å². The minimum absolute atomic E-state index is 0.0527. The van der Waals surface area contributed by atoms with E-state index in [4.69, 9.17) is 9.47 Å². The molecule has 6 heteroatoms. The number of carbonyl (C=O) groups is 2. The van der Waals surface area contributed by atoms with Crippen LogP contribution in [0.4, 0.5) is 5.69 Å². The monoisotopic (exact) mass is 366 g/mol. The second-order valence-corrected chi connectivity index (χ2v) is 6.80. The van der Waals surface area contributed by atoms with Gasteiger partial charge in [0.1, 0.15) is 0 Å². The molecule has 0 N–H and O–H groups in total. The zero-order chi connectivity index (χ0) is 18.8. The molecule has 2 aromatic carbocycles. The lowest BCUT2D eigenvalue weighted by atomic mass is 10.1. The fourth-order valence-corrected chi connectivity index (χ4v) is 3.57. The SMILES string of the molecule is CC(=O)N(CCC(=O)N1CCc2ccccc21)Cc1ccc2c(c1)OCO2. The van der Waals surface area contributed by atoms with Crippen LogP contribution in [-0.2, 0) is 22.6 Å². The first-order chi connectivity index (χ1) is 13.1. The lowest BCUT2D eigenvalue weighted by molar-refractivity contribution is -0.130. The minimum Gasteiger partial charge on any atom is -0.454 e. The number of ether oxygens (including phenoxy) is 2.